The molecular weight excluding hydrogens is 310 g/mol. The number of fused-ring (bicyclic) bond motifs is 3. The predicted octanol–water partition coefficient (Wildman–Crippen LogP) is 3.20. The molecule has 0 aliphatic heterocycles. The van der Waals surface area contributed by atoms with Gasteiger partial charge in [-0.15, -0.1) is 9.97 Å². The number of hydrogen-bond acceptors (Lipinski definition) is 3. The van der Waals surface area contributed by atoms with E-state index in [0.717, 1.165) is 28.3 Å². The molecule has 0 radical (unpaired) electrons. The van der Waals surface area contributed by atoms with Crippen molar-refractivity contribution in [2.75, 3.05) is 0 Å². The Balaban J connectivity index is 1.90. The predicted molar refractivity (Wildman–Crippen MR) is 94.8 cm³/mol. The van der Waals surface area contributed by atoms with Gasteiger partial charge in [0.1, 0.15) is 11.4 Å². The van der Waals surface area contributed by atoms with Crippen molar-refractivity contribution in [3.05, 3.63) is 85.2 Å². The third-order valence-corrected chi connectivity index (χ3v) is 4.18. The first kappa shape index (κ1) is 13.8. The summed E-state index contributed by atoms with van der Waals surface area (Å²) in [6, 6.07) is 24.4. The Hall–Kier alpha value is -3.60. The highest BCUT2D eigenvalue weighted by atomic mass is 15.4. The molecular formula is C20H14N5+. The average Bonchev–Trinajstić information content (AvgIpc) is 3.07. The van der Waals surface area contributed by atoms with Crippen molar-refractivity contribution in [2.24, 2.45) is 0 Å². The van der Waals surface area contributed by atoms with Crippen molar-refractivity contribution in [1.82, 2.24) is 19.6 Å². The van der Waals surface area contributed by atoms with Crippen LogP contribution < -0.4 is 4.40 Å². The molecule has 0 saturated heterocycles. The highest BCUT2D eigenvalue weighted by Crippen LogP contribution is 2.25. The highest BCUT2D eigenvalue weighted by Gasteiger charge is 2.20. The summed E-state index contributed by atoms with van der Waals surface area (Å²) < 4.78 is 3.75. The summed E-state index contributed by atoms with van der Waals surface area (Å²) in [5, 5.41) is 4.63. The molecule has 0 spiro atoms. The molecule has 5 heteroatoms. The van der Waals surface area contributed by atoms with Crippen LogP contribution in [0.1, 0.15) is 0 Å². The molecule has 5 rings (SSSR count). The first-order valence-electron chi connectivity index (χ1n) is 8.07. The molecule has 0 fully saturated rings. The fourth-order valence-electron chi connectivity index (χ4n) is 2.99. The Bertz CT molecular complexity index is 1180. The van der Waals surface area contributed by atoms with Crippen LogP contribution in [0.4, 0.5) is 0 Å². The number of benzene rings is 2. The lowest BCUT2D eigenvalue weighted by atomic mass is 10.1. The minimum Gasteiger partial charge on any atom is -0.181 e. The van der Waals surface area contributed by atoms with Gasteiger partial charge >= 0.3 is 11.6 Å². The van der Waals surface area contributed by atoms with E-state index in [-0.39, 0.29) is 0 Å². The molecule has 0 aliphatic rings. The van der Waals surface area contributed by atoms with Crippen molar-refractivity contribution in [3.8, 4) is 22.5 Å². The number of nitrogens with zero attached hydrogens (tertiary/aromatic N) is 5. The van der Waals surface area contributed by atoms with Gasteiger partial charge in [0.2, 0.25) is 0 Å². The van der Waals surface area contributed by atoms with Crippen LogP contribution in [0, 0.1) is 0 Å². The van der Waals surface area contributed by atoms with Crippen LogP contribution in [-0.2, 0) is 0 Å². The molecule has 0 saturated carbocycles. The average molecular weight is 324 g/mol. The second-order valence-corrected chi connectivity index (χ2v) is 5.76. The monoisotopic (exact) mass is 324 g/mol. The quantitative estimate of drug-likeness (QED) is 0.469. The van der Waals surface area contributed by atoms with Crippen LogP contribution in [-0.4, -0.2) is 19.6 Å². The molecule has 0 amide bonds. The fraction of sp³-hybridized carbons (Fsp3) is 0. The normalized spacial score (nSPS) is 11.2. The molecule has 118 valence electrons. The van der Waals surface area contributed by atoms with E-state index in [9.17, 15) is 0 Å². The zero-order valence-electron chi connectivity index (χ0n) is 13.3. The van der Waals surface area contributed by atoms with Crippen LogP contribution in [0.2, 0.25) is 0 Å². The Labute approximate surface area is 143 Å². The molecule has 0 unspecified atom stereocenters. The summed E-state index contributed by atoms with van der Waals surface area (Å²) in [7, 11) is 0. The summed E-state index contributed by atoms with van der Waals surface area (Å²) >= 11 is 0. The smallest absolute Gasteiger partial charge is 0.181 e. The summed E-state index contributed by atoms with van der Waals surface area (Å²) in [6.45, 7) is 0. The van der Waals surface area contributed by atoms with Gasteiger partial charge < -0.3 is 0 Å². The van der Waals surface area contributed by atoms with E-state index >= 15 is 0 Å². The first-order valence-corrected chi connectivity index (χ1v) is 8.07. The van der Waals surface area contributed by atoms with E-state index in [2.05, 4.69) is 40.4 Å². The zero-order chi connectivity index (χ0) is 16.6. The standard InChI is InChI=1S/C20H14N5/c1-3-8-15(9-4-1)17-14-18(16-10-5-2-6-11-16)25-20(22-17)24-13-7-12-21-19(24)23-25/h1-14H/q+1. The van der Waals surface area contributed by atoms with Gasteiger partial charge in [0.15, 0.2) is 0 Å². The maximum atomic E-state index is 4.84. The Morgan fingerprint density at radius 1 is 0.800 bits per heavy atom. The van der Waals surface area contributed by atoms with Crippen LogP contribution in [0.3, 0.4) is 0 Å². The minimum atomic E-state index is 0.623. The van der Waals surface area contributed by atoms with E-state index in [1.165, 1.54) is 0 Å². The van der Waals surface area contributed by atoms with Crippen LogP contribution in [0.25, 0.3) is 34.1 Å². The lowest BCUT2D eigenvalue weighted by molar-refractivity contribution is -0.488. The van der Waals surface area contributed by atoms with Gasteiger partial charge in [0, 0.05) is 22.3 Å². The molecule has 5 aromatic rings. The summed E-state index contributed by atoms with van der Waals surface area (Å²) in [5.41, 5.74) is 4.04. The van der Waals surface area contributed by atoms with Crippen molar-refractivity contribution < 1.29 is 4.40 Å². The van der Waals surface area contributed by atoms with Crippen LogP contribution in [0.5, 0.6) is 0 Å². The summed E-state index contributed by atoms with van der Waals surface area (Å²) in [6.07, 6.45) is 3.67. The lowest BCUT2D eigenvalue weighted by Gasteiger charge is -2.03. The topological polar surface area (TPSA) is 47.2 Å². The van der Waals surface area contributed by atoms with Gasteiger partial charge in [-0.1, -0.05) is 65.2 Å². The van der Waals surface area contributed by atoms with Gasteiger partial charge in [-0.3, -0.25) is 0 Å². The van der Waals surface area contributed by atoms with E-state index in [1.54, 1.807) is 6.20 Å². The lowest BCUT2D eigenvalue weighted by Crippen LogP contribution is -2.21. The summed E-state index contributed by atoms with van der Waals surface area (Å²) in [4.78, 5) is 9.19. The van der Waals surface area contributed by atoms with Crippen LogP contribution in [0.15, 0.2) is 85.2 Å². The van der Waals surface area contributed by atoms with Crippen molar-refractivity contribution in [2.45, 2.75) is 0 Å². The van der Waals surface area contributed by atoms with Crippen molar-refractivity contribution in [1.29, 1.82) is 0 Å². The fourth-order valence-corrected chi connectivity index (χ4v) is 2.99. The Kier molecular flexibility index (Phi) is 3.03. The van der Waals surface area contributed by atoms with E-state index in [0.29, 0.717) is 5.78 Å². The molecule has 3 heterocycles. The second kappa shape index (κ2) is 5.49. The van der Waals surface area contributed by atoms with Gasteiger partial charge in [-0.05, 0) is 6.07 Å². The van der Waals surface area contributed by atoms with E-state index in [1.807, 2.05) is 57.6 Å². The van der Waals surface area contributed by atoms with Gasteiger partial charge in [0.25, 0.3) is 0 Å². The molecule has 5 nitrogen and oxygen atoms in total. The number of aromatic nitrogens is 5. The van der Waals surface area contributed by atoms with Gasteiger partial charge in [0.05, 0.1) is 12.4 Å². The molecule has 3 aromatic heterocycles. The highest BCUT2D eigenvalue weighted by molar-refractivity contribution is 5.70. The Morgan fingerprint density at radius 2 is 1.52 bits per heavy atom. The van der Waals surface area contributed by atoms with Gasteiger partial charge in [-0.25, -0.2) is 0 Å². The van der Waals surface area contributed by atoms with Crippen molar-refractivity contribution in [3.63, 3.8) is 0 Å². The maximum absolute atomic E-state index is 4.84. The zero-order valence-corrected chi connectivity index (χ0v) is 13.3. The SMILES string of the molecule is c1ccc(-c2cc(-c3ccccc3)n3nc4nccc[n+]4c3n2)cc1. The molecule has 25 heavy (non-hydrogen) atoms. The third kappa shape index (κ3) is 2.25. The number of hydrogen-bond donors (Lipinski definition) is 0. The van der Waals surface area contributed by atoms with E-state index < -0.39 is 0 Å². The molecule has 0 atom stereocenters. The molecule has 0 N–H and O–H groups in total. The largest absolute Gasteiger partial charge is 0.388 e. The first-order chi connectivity index (χ1) is 12.4. The van der Waals surface area contributed by atoms with E-state index in [4.69, 9.17) is 4.98 Å². The minimum absolute atomic E-state index is 0.623. The van der Waals surface area contributed by atoms with Crippen LogP contribution >= 0.6 is 0 Å². The van der Waals surface area contributed by atoms with Gasteiger partial charge in [-0.2, -0.15) is 4.40 Å². The number of rotatable bonds is 2. The second-order valence-electron chi connectivity index (χ2n) is 5.76. The molecule has 0 bridgehead atoms. The third-order valence-electron chi connectivity index (χ3n) is 4.18. The molecule has 0 aliphatic carbocycles. The Morgan fingerprint density at radius 3 is 2.28 bits per heavy atom. The summed E-state index contributed by atoms with van der Waals surface area (Å²) in [5.74, 6) is 1.36. The van der Waals surface area contributed by atoms with Crippen molar-refractivity contribution >= 4 is 11.6 Å². The molecule has 2 aromatic carbocycles. The maximum Gasteiger partial charge on any atom is 0.388 e.